The lowest BCUT2D eigenvalue weighted by atomic mass is 10.2. The van der Waals surface area contributed by atoms with Crippen LogP contribution >= 0.6 is 11.6 Å². The number of aromatic nitrogens is 1. The van der Waals surface area contributed by atoms with E-state index in [9.17, 15) is 19.3 Å². The van der Waals surface area contributed by atoms with Gasteiger partial charge in [-0.1, -0.05) is 11.6 Å². The number of nitro groups is 1. The Hall–Kier alpha value is -2.54. The monoisotopic (exact) mass is 309 g/mol. The van der Waals surface area contributed by atoms with E-state index in [-0.39, 0.29) is 10.7 Å². The van der Waals surface area contributed by atoms with Gasteiger partial charge in [0.2, 0.25) is 0 Å². The number of rotatable bonds is 3. The topological polar surface area (TPSA) is 76.3 Å². The molecule has 1 aromatic heterocycles. The highest BCUT2D eigenvalue weighted by molar-refractivity contribution is 6.30. The maximum absolute atomic E-state index is 12.9. The Balaban J connectivity index is 2.41. The summed E-state index contributed by atoms with van der Waals surface area (Å²) in [7, 11) is 1.42. The van der Waals surface area contributed by atoms with E-state index in [0.717, 1.165) is 17.2 Å². The van der Waals surface area contributed by atoms with Gasteiger partial charge in [-0.25, -0.2) is 9.37 Å². The second kappa shape index (κ2) is 5.84. The Kier molecular flexibility index (Phi) is 4.13. The van der Waals surface area contributed by atoms with Crippen molar-refractivity contribution in [1.82, 2.24) is 4.98 Å². The van der Waals surface area contributed by atoms with E-state index < -0.39 is 22.3 Å². The zero-order chi connectivity index (χ0) is 15.6. The van der Waals surface area contributed by atoms with Gasteiger partial charge < -0.3 is 4.90 Å². The lowest BCUT2D eigenvalue weighted by Gasteiger charge is -2.17. The predicted octanol–water partition coefficient (Wildman–Crippen LogP) is 3.06. The number of benzene rings is 1. The first-order chi connectivity index (χ1) is 9.90. The molecule has 0 bridgehead atoms. The van der Waals surface area contributed by atoms with Crippen molar-refractivity contribution in [1.29, 1.82) is 0 Å². The van der Waals surface area contributed by atoms with Crippen LogP contribution in [0.3, 0.4) is 0 Å². The van der Waals surface area contributed by atoms with E-state index in [0.29, 0.717) is 5.69 Å². The van der Waals surface area contributed by atoms with Crippen LogP contribution in [0.2, 0.25) is 5.15 Å². The Morgan fingerprint density at radius 2 is 2.00 bits per heavy atom. The van der Waals surface area contributed by atoms with E-state index >= 15 is 0 Å². The van der Waals surface area contributed by atoms with Crippen LogP contribution in [0.4, 0.5) is 15.8 Å². The zero-order valence-electron chi connectivity index (χ0n) is 10.8. The fraction of sp³-hybridized carbons (Fsp3) is 0.0769. The highest BCUT2D eigenvalue weighted by Gasteiger charge is 2.24. The molecular weight excluding hydrogens is 301 g/mol. The molecule has 6 nitrogen and oxygen atoms in total. The van der Waals surface area contributed by atoms with Gasteiger partial charge in [0, 0.05) is 12.7 Å². The Morgan fingerprint density at radius 3 is 2.57 bits per heavy atom. The third kappa shape index (κ3) is 3.14. The van der Waals surface area contributed by atoms with Crippen LogP contribution < -0.4 is 4.90 Å². The first-order valence-electron chi connectivity index (χ1n) is 5.73. The summed E-state index contributed by atoms with van der Waals surface area (Å²) in [5.74, 6) is -1.09. The predicted molar refractivity (Wildman–Crippen MR) is 75.0 cm³/mol. The summed E-state index contributed by atoms with van der Waals surface area (Å²) in [6.45, 7) is 0. The van der Waals surface area contributed by atoms with Crippen molar-refractivity contribution in [2.24, 2.45) is 0 Å². The summed E-state index contributed by atoms with van der Waals surface area (Å²) >= 11 is 5.68. The molecule has 1 heterocycles. The van der Waals surface area contributed by atoms with Gasteiger partial charge in [-0.05, 0) is 30.3 Å². The number of hydrogen-bond donors (Lipinski definition) is 0. The summed E-state index contributed by atoms with van der Waals surface area (Å²) in [6, 6.07) is 6.28. The van der Waals surface area contributed by atoms with Crippen molar-refractivity contribution in [2.45, 2.75) is 0 Å². The van der Waals surface area contributed by atoms with Gasteiger partial charge in [0.05, 0.1) is 4.92 Å². The number of halogens is 2. The maximum Gasteiger partial charge on any atom is 0.300 e. The van der Waals surface area contributed by atoms with Gasteiger partial charge in [0.1, 0.15) is 22.7 Å². The number of pyridine rings is 1. The molecule has 108 valence electrons. The van der Waals surface area contributed by atoms with Crippen LogP contribution in [0.1, 0.15) is 10.4 Å². The van der Waals surface area contributed by atoms with Crippen molar-refractivity contribution in [3.63, 3.8) is 0 Å². The van der Waals surface area contributed by atoms with E-state index in [1.807, 2.05) is 0 Å². The molecule has 21 heavy (non-hydrogen) atoms. The average molecular weight is 310 g/mol. The van der Waals surface area contributed by atoms with Crippen molar-refractivity contribution >= 4 is 28.9 Å². The third-order valence-corrected chi connectivity index (χ3v) is 3.00. The quantitative estimate of drug-likeness (QED) is 0.496. The molecule has 0 saturated heterocycles. The molecule has 8 heteroatoms. The van der Waals surface area contributed by atoms with Crippen molar-refractivity contribution in [3.8, 4) is 0 Å². The number of amides is 1. The fourth-order valence-corrected chi connectivity index (χ4v) is 1.86. The normalized spacial score (nSPS) is 10.2. The second-order valence-electron chi connectivity index (χ2n) is 4.12. The van der Waals surface area contributed by atoms with E-state index in [4.69, 9.17) is 11.6 Å². The highest BCUT2D eigenvalue weighted by atomic mass is 35.5. The molecule has 0 N–H and O–H groups in total. The fourth-order valence-electron chi connectivity index (χ4n) is 1.70. The van der Waals surface area contributed by atoms with Gasteiger partial charge in [-0.15, -0.1) is 0 Å². The number of nitrogens with zero attached hydrogens (tertiary/aromatic N) is 3. The van der Waals surface area contributed by atoms with Gasteiger partial charge in [-0.3, -0.25) is 14.9 Å². The SMILES string of the molecule is CN(C(=O)c1cc(Cl)ncc1[N+](=O)[O-])c1ccc(F)cc1. The highest BCUT2D eigenvalue weighted by Crippen LogP contribution is 2.24. The lowest BCUT2D eigenvalue weighted by molar-refractivity contribution is -0.385. The van der Waals surface area contributed by atoms with Gasteiger partial charge in [0.25, 0.3) is 11.6 Å². The first-order valence-corrected chi connectivity index (χ1v) is 6.11. The number of hydrogen-bond acceptors (Lipinski definition) is 4. The molecule has 0 spiro atoms. The van der Waals surface area contributed by atoms with E-state index in [1.165, 1.54) is 31.3 Å². The summed E-state index contributed by atoms with van der Waals surface area (Å²) in [4.78, 5) is 27.3. The molecule has 1 amide bonds. The zero-order valence-corrected chi connectivity index (χ0v) is 11.5. The Bertz CT molecular complexity index is 706. The standard InChI is InChI=1S/C13H9ClFN3O3/c1-17(9-4-2-8(15)3-5-9)13(19)10-6-12(14)16-7-11(10)18(20)21/h2-7H,1H3. The summed E-state index contributed by atoms with van der Waals surface area (Å²) < 4.78 is 12.9. The Labute approximate surface area is 123 Å². The van der Waals surface area contributed by atoms with Gasteiger partial charge in [-0.2, -0.15) is 0 Å². The minimum atomic E-state index is -0.713. The molecule has 0 radical (unpaired) electrons. The largest absolute Gasteiger partial charge is 0.311 e. The summed E-state index contributed by atoms with van der Waals surface area (Å²) in [5.41, 5.74) is -0.242. The molecule has 0 aliphatic rings. The van der Waals surface area contributed by atoms with E-state index in [2.05, 4.69) is 4.98 Å². The molecule has 0 fully saturated rings. The second-order valence-corrected chi connectivity index (χ2v) is 4.51. The van der Waals surface area contributed by atoms with Crippen molar-refractivity contribution < 1.29 is 14.1 Å². The van der Waals surface area contributed by atoms with E-state index in [1.54, 1.807) is 0 Å². The maximum atomic E-state index is 12.9. The van der Waals surface area contributed by atoms with Crippen molar-refractivity contribution in [3.05, 3.63) is 63.2 Å². The van der Waals surface area contributed by atoms with Crippen LogP contribution in [-0.2, 0) is 0 Å². The smallest absolute Gasteiger partial charge is 0.300 e. The van der Waals surface area contributed by atoms with Crippen molar-refractivity contribution in [2.75, 3.05) is 11.9 Å². The van der Waals surface area contributed by atoms with Crippen LogP contribution in [0.5, 0.6) is 0 Å². The molecule has 0 unspecified atom stereocenters. The molecule has 1 aromatic carbocycles. The van der Waals surface area contributed by atoms with Gasteiger partial charge >= 0.3 is 0 Å². The molecule has 0 aliphatic carbocycles. The average Bonchev–Trinajstić information content (AvgIpc) is 2.46. The molecule has 0 aliphatic heterocycles. The number of anilines is 1. The van der Waals surface area contributed by atoms with Gasteiger partial charge in [0.15, 0.2) is 0 Å². The lowest BCUT2D eigenvalue weighted by Crippen LogP contribution is -2.27. The minimum absolute atomic E-state index is 0.0311. The van der Waals surface area contributed by atoms with Crippen LogP contribution in [-0.4, -0.2) is 22.9 Å². The molecule has 0 atom stereocenters. The summed E-state index contributed by atoms with van der Waals surface area (Å²) in [6.07, 6.45) is 0.925. The minimum Gasteiger partial charge on any atom is -0.311 e. The number of carbonyl (C=O) groups excluding carboxylic acids is 1. The third-order valence-electron chi connectivity index (χ3n) is 2.80. The molecule has 0 saturated carbocycles. The number of carbonyl (C=O) groups is 1. The first kappa shape index (κ1) is 14.9. The Morgan fingerprint density at radius 1 is 1.38 bits per heavy atom. The molecule has 2 rings (SSSR count). The molecule has 2 aromatic rings. The van der Waals surface area contributed by atoms with Crippen LogP contribution in [0, 0.1) is 15.9 Å². The van der Waals surface area contributed by atoms with Crippen LogP contribution in [0.15, 0.2) is 36.5 Å². The summed E-state index contributed by atoms with van der Waals surface area (Å²) in [5, 5.41) is 10.9. The molecular formula is C13H9ClFN3O3. The van der Waals surface area contributed by atoms with Crippen LogP contribution in [0.25, 0.3) is 0 Å².